The van der Waals surface area contributed by atoms with Crippen molar-refractivity contribution in [2.75, 3.05) is 25.0 Å². The Kier molecular flexibility index (Phi) is 7.13. The van der Waals surface area contributed by atoms with Gasteiger partial charge in [-0.05, 0) is 74.9 Å². The Balaban J connectivity index is 1.34. The lowest BCUT2D eigenvalue weighted by molar-refractivity contribution is 0.135. The molecule has 0 bridgehead atoms. The molecule has 2 unspecified atom stereocenters. The van der Waals surface area contributed by atoms with Crippen LogP contribution in [0.25, 0.3) is 10.9 Å². The number of aromatic nitrogens is 2. The van der Waals surface area contributed by atoms with E-state index < -0.39 is 0 Å². The van der Waals surface area contributed by atoms with Gasteiger partial charge in [-0.15, -0.1) is 0 Å². The van der Waals surface area contributed by atoms with Crippen molar-refractivity contribution in [3.05, 3.63) is 84.2 Å². The number of nitrogens with zero attached hydrogens (tertiary/aromatic N) is 3. The molecule has 1 saturated heterocycles. The summed E-state index contributed by atoms with van der Waals surface area (Å²) >= 11 is 0. The van der Waals surface area contributed by atoms with Gasteiger partial charge in [0.2, 0.25) is 0 Å². The zero-order valence-corrected chi connectivity index (χ0v) is 21.0. The summed E-state index contributed by atoms with van der Waals surface area (Å²) in [5.41, 5.74) is 3.80. The Hall–Kier alpha value is -3.92. The quantitative estimate of drug-likeness (QED) is 0.370. The van der Waals surface area contributed by atoms with Gasteiger partial charge >= 0.3 is 0 Å². The summed E-state index contributed by atoms with van der Waals surface area (Å²) < 4.78 is 6.02. The fourth-order valence-electron chi connectivity index (χ4n) is 4.54. The summed E-state index contributed by atoms with van der Waals surface area (Å²) in [5, 5.41) is 7.86. The number of rotatable bonds is 5. The molecule has 0 radical (unpaired) electrons. The normalized spacial score (nSPS) is 17.9. The topological polar surface area (TPSA) is 62.3 Å². The molecule has 36 heavy (non-hydrogen) atoms. The van der Waals surface area contributed by atoms with Crippen molar-refractivity contribution in [1.82, 2.24) is 20.2 Å². The largest absolute Gasteiger partial charge is 0.457 e. The number of nitrogens with one attached hydrogen (secondary N) is 2. The zero-order valence-electron chi connectivity index (χ0n) is 21.0. The van der Waals surface area contributed by atoms with Crippen molar-refractivity contribution in [2.24, 2.45) is 0 Å². The number of hydrogen-bond acceptors (Lipinski definition) is 6. The van der Waals surface area contributed by atoms with Gasteiger partial charge in [0.25, 0.3) is 0 Å². The van der Waals surface area contributed by atoms with Crippen molar-refractivity contribution in [3.8, 4) is 23.3 Å². The van der Waals surface area contributed by atoms with Gasteiger partial charge in [-0.25, -0.2) is 9.97 Å². The first kappa shape index (κ1) is 23.8. The minimum atomic E-state index is 0.483. The number of anilines is 2. The van der Waals surface area contributed by atoms with E-state index in [-0.39, 0.29) is 0 Å². The highest BCUT2D eigenvalue weighted by atomic mass is 16.5. The van der Waals surface area contributed by atoms with Crippen LogP contribution >= 0.6 is 0 Å². The summed E-state index contributed by atoms with van der Waals surface area (Å²) in [6.07, 6.45) is 1.59. The highest BCUT2D eigenvalue weighted by Crippen LogP contribution is 2.30. The van der Waals surface area contributed by atoms with Crippen molar-refractivity contribution in [2.45, 2.75) is 32.9 Å². The summed E-state index contributed by atoms with van der Waals surface area (Å²) in [4.78, 5) is 11.4. The Bertz CT molecular complexity index is 1400. The third-order valence-electron chi connectivity index (χ3n) is 6.55. The fourth-order valence-corrected chi connectivity index (χ4v) is 4.54. The molecular weight excluding hydrogens is 446 g/mol. The number of hydrogen-bond donors (Lipinski definition) is 2. The average Bonchev–Trinajstić information content (AvgIpc) is 2.88. The molecule has 2 heterocycles. The first-order chi connectivity index (χ1) is 17.6. The molecule has 0 saturated carbocycles. The van der Waals surface area contributed by atoms with Crippen LogP contribution in [-0.2, 0) is 0 Å². The second-order valence-electron chi connectivity index (χ2n) is 9.30. The molecule has 0 aliphatic carbocycles. The predicted molar refractivity (Wildman–Crippen MR) is 146 cm³/mol. The van der Waals surface area contributed by atoms with E-state index in [0.717, 1.165) is 64.7 Å². The summed E-state index contributed by atoms with van der Waals surface area (Å²) in [5.74, 6) is 9.11. The molecule has 6 heteroatoms. The number of aryl methyl sites for hydroxylation is 1. The molecule has 1 aliphatic heterocycles. The average molecular weight is 478 g/mol. The Morgan fingerprint density at radius 3 is 2.58 bits per heavy atom. The SMILES string of the molecule is Cc1cc(Nc2ncnc3ccc(C#CCN4C(C)CNCC4C)cc23)ccc1Oc1ccccc1. The maximum absolute atomic E-state index is 6.02. The van der Waals surface area contributed by atoms with Gasteiger partial charge in [-0.2, -0.15) is 0 Å². The van der Waals surface area contributed by atoms with Gasteiger partial charge in [0, 0.05) is 41.8 Å². The molecule has 2 N–H and O–H groups in total. The number of benzene rings is 3. The molecule has 2 atom stereocenters. The van der Waals surface area contributed by atoms with E-state index in [1.165, 1.54) is 0 Å². The van der Waals surface area contributed by atoms with E-state index in [1.54, 1.807) is 6.33 Å². The van der Waals surface area contributed by atoms with Crippen molar-refractivity contribution >= 4 is 22.4 Å². The fraction of sp³-hybridized carbons (Fsp3) is 0.267. The molecule has 5 rings (SSSR count). The summed E-state index contributed by atoms with van der Waals surface area (Å²) in [7, 11) is 0. The Morgan fingerprint density at radius 1 is 1.00 bits per heavy atom. The molecule has 0 amide bonds. The number of ether oxygens (including phenoxy) is 1. The molecule has 0 spiro atoms. The van der Waals surface area contributed by atoms with Crippen LogP contribution in [0.15, 0.2) is 73.1 Å². The number of piperazine rings is 1. The third kappa shape index (κ3) is 5.49. The third-order valence-corrected chi connectivity index (χ3v) is 6.55. The Labute approximate surface area is 212 Å². The molecule has 4 aromatic rings. The monoisotopic (exact) mass is 477 g/mol. The minimum absolute atomic E-state index is 0.483. The molecule has 1 aliphatic rings. The van der Waals surface area contributed by atoms with Gasteiger partial charge in [0.1, 0.15) is 23.6 Å². The number of fused-ring (bicyclic) bond motifs is 1. The van der Waals surface area contributed by atoms with E-state index in [4.69, 9.17) is 4.74 Å². The van der Waals surface area contributed by atoms with Crippen molar-refractivity contribution < 1.29 is 4.74 Å². The van der Waals surface area contributed by atoms with Crippen LogP contribution in [-0.4, -0.2) is 46.6 Å². The lowest BCUT2D eigenvalue weighted by atomic mass is 10.1. The highest BCUT2D eigenvalue weighted by molar-refractivity contribution is 5.91. The van der Waals surface area contributed by atoms with E-state index in [9.17, 15) is 0 Å². The maximum atomic E-state index is 6.02. The van der Waals surface area contributed by atoms with Crippen LogP contribution < -0.4 is 15.4 Å². The van der Waals surface area contributed by atoms with Crippen LogP contribution in [0, 0.1) is 18.8 Å². The Morgan fingerprint density at radius 2 is 1.81 bits per heavy atom. The molecule has 1 aromatic heterocycles. The number of para-hydroxylation sites is 1. The second-order valence-corrected chi connectivity index (χ2v) is 9.30. The van der Waals surface area contributed by atoms with Gasteiger partial charge in [0.15, 0.2) is 0 Å². The summed E-state index contributed by atoms with van der Waals surface area (Å²) in [6.45, 7) is 9.31. The zero-order chi connectivity index (χ0) is 24.9. The second kappa shape index (κ2) is 10.8. The molecule has 1 fully saturated rings. The smallest absolute Gasteiger partial charge is 0.141 e. The molecule has 6 nitrogen and oxygen atoms in total. The predicted octanol–water partition coefficient (Wildman–Crippen LogP) is 5.51. The lowest BCUT2D eigenvalue weighted by Crippen LogP contribution is -2.54. The van der Waals surface area contributed by atoms with Crippen molar-refractivity contribution in [3.63, 3.8) is 0 Å². The standard InChI is InChI=1S/C30H31N5O/c1-21-16-25(12-14-29(21)36-26-9-5-4-6-10-26)34-30-27-17-24(11-13-28(27)32-20-33-30)8-7-15-35-22(2)18-31-19-23(35)3/h4-6,9-14,16-17,20,22-23,31H,15,18-19H2,1-3H3,(H,32,33,34). The first-order valence-corrected chi connectivity index (χ1v) is 12.4. The van der Waals surface area contributed by atoms with Crippen LogP contribution in [0.2, 0.25) is 0 Å². The molecule has 182 valence electrons. The van der Waals surface area contributed by atoms with Crippen LogP contribution in [0.1, 0.15) is 25.0 Å². The van der Waals surface area contributed by atoms with E-state index in [2.05, 4.69) is 63.3 Å². The minimum Gasteiger partial charge on any atom is -0.457 e. The molecule has 3 aromatic carbocycles. The van der Waals surface area contributed by atoms with Crippen molar-refractivity contribution in [1.29, 1.82) is 0 Å². The lowest BCUT2D eigenvalue weighted by Gasteiger charge is -2.38. The van der Waals surface area contributed by atoms with Gasteiger partial charge < -0.3 is 15.4 Å². The van der Waals surface area contributed by atoms with E-state index in [0.29, 0.717) is 12.1 Å². The van der Waals surface area contributed by atoms with Gasteiger partial charge in [-0.1, -0.05) is 30.0 Å². The van der Waals surface area contributed by atoms with E-state index in [1.807, 2.05) is 61.5 Å². The first-order valence-electron chi connectivity index (χ1n) is 12.4. The summed E-state index contributed by atoms with van der Waals surface area (Å²) in [6, 6.07) is 22.9. The van der Waals surface area contributed by atoms with Crippen LogP contribution in [0.4, 0.5) is 11.5 Å². The van der Waals surface area contributed by atoms with Gasteiger partial charge in [-0.3, -0.25) is 4.90 Å². The van der Waals surface area contributed by atoms with E-state index >= 15 is 0 Å². The van der Waals surface area contributed by atoms with Gasteiger partial charge in [0.05, 0.1) is 12.1 Å². The highest BCUT2D eigenvalue weighted by Gasteiger charge is 2.23. The maximum Gasteiger partial charge on any atom is 0.141 e. The molecular formula is C30H31N5O. The van der Waals surface area contributed by atoms with Crippen LogP contribution in [0.5, 0.6) is 11.5 Å². The van der Waals surface area contributed by atoms with Crippen LogP contribution in [0.3, 0.4) is 0 Å².